The van der Waals surface area contributed by atoms with Gasteiger partial charge in [0.1, 0.15) is 23.9 Å². The highest BCUT2D eigenvalue weighted by molar-refractivity contribution is 9.10. The van der Waals surface area contributed by atoms with E-state index in [0.717, 1.165) is 21.5 Å². The fourth-order valence-corrected chi connectivity index (χ4v) is 3.76. The predicted octanol–water partition coefficient (Wildman–Crippen LogP) is 5.32. The van der Waals surface area contributed by atoms with Crippen LogP contribution in [0.1, 0.15) is 6.92 Å². The van der Waals surface area contributed by atoms with Crippen LogP contribution in [-0.2, 0) is 11.3 Å². The average molecular weight is 509 g/mol. The Hall–Kier alpha value is -3.16. The molecule has 0 fully saturated rings. The molecule has 0 atom stereocenters. The van der Waals surface area contributed by atoms with Gasteiger partial charge in [-0.2, -0.15) is 0 Å². The predicted molar refractivity (Wildman–Crippen MR) is 133 cm³/mol. The summed E-state index contributed by atoms with van der Waals surface area (Å²) in [5, 5.41) is 0.593. The number of hydrogen-bond acceptors (Lipinski definition) is 5. The van der Waals surface area contributed by atoms with E-state index in [9.17, 15) is 4.79 Å². The molecule has 0 amide bonds. The second kappa shape index (κ2) is 11.1. The third-order valence-corrected chi connectivity index (χ3v) is 5.56. The number of para-hydroxylation sites is 1. The van der Waals surface area contributed by atoms with Gasteiger partial charge in [0.2, 0.25) is 0 Å². The molecule has 6 nitrogen and oxygen atoms in total. The summed E-state index contributed by atoms with van der Waals surface area (Å²) in [5.74, 6) is 2.13. The molecule has 0 aliphatic carbocycles. The number of nitrogens with zero attached hydrogens (tertiary/aromatic N) is 2. The Morgan fingerprint density at radius 1 is 0.879 bits per heavy atom. The Kier molecular flexibility index (Phi) is 7.75. The maximum atomic E-state index is 13.2. The molecule has 1 heterocycles. The molecule has 0 aliphatic heterocycles. The maximum Gasteiger partial charge on any atom is 0.261 e. The number of halogens is 1. The summed E-state index contributed by atoms with van der Waals surface area (Å²) >= 11 is 3.46. The van der Waals surface area contributed by atoms with Crippen LogP contribution in [0, 0.1) is 0 Å². The fraction of sp³-hybridized carbons (Fsp3) is 0.231. The highest BCUT2D eigenvalue weighted by atomic mass is 79.9. The van der Waals surface area contributed by atoms with Crippen LogP contribution in [-0.4, -0.2) is 36.0 Å². The second-order valence-electron chi connectivity index (χ2n) is 7.28. The van der Waals surface area contributed by atoms with Crippen LogP contribution in [0.3, 0.4) is 0 Å². The monoisotopic (exact) mass is 508 g/mol. The van der Waals surface area contributed by atoms with Crippen molar-refractivity contribution >= 4 is 26.8 Å². The van der Waals surface area contributed by atoms with E-state index in [1.165, 1.54) is 0 Å². The summed E-state index contributed by atoms with van der Waals surface area (Å²) in [5.41, 5.74) is 1.48. The molecule has 170 valence electrons. The van der Waals surface area contributed by atoms with Crippen molar-refractivity contribution in [1.82, 2.24) is 9.55 Å². The summed E-state index contributed by atoms with van der Waals surface area (Å²) in [7, 11) is 0. The highest BCUT2D eigenvalue weighted by Gasteiger charge is 2.12. The molecule has 0 radical (unpaired) electrons. The van der Waals surface area contributed by atoms with Crippen molar-refractivity contribution in [2.45, 2.75) is 13.5 Å². The Bertz CT molecular complexity index is 1270. The van der Waals surface area contributed by atoms with Crippen molar-refractivity contribution in [3.05, 3.63) is 87.6 Å². The number of aromatic nitrogens is 2. The van der Waals surface area contributed by atoms with E-state index in [2.05, 4.69) is 15.9 Å². The van der Waals surface area contributed by atoms with E-state index in [1.807, 2.05) is 73.7 Å². The minimum Gasteiger partial charge on any atom is -0.494 e. The van der Waals surface area contributed by atoms with Gasteiger partial charge >= 0.3 is 0 Å². The van der Waals surface area contributed by atoms with Crippen molar-refractivity contribution in [2.24, 2.45) is 0 Å². The molecule has 7 heteroatoms. The van der Waals surface area contributed by atoms with E-state index < -0.39 is 0 Å². The summed E-state index contributed by atoms with van der Waals surface area (Å²) in [4.78, 5) is 18.0. The molecule has 0 aliphatic rings. The Labute approximate surface area is 200 Å². The number of hydrogen-bond donors (Lipinski definition) is 0. The molecule has 0 bridgehead atoms. The van der Waals surface area contributed by atoms with Crippen LogP contribution in [0.4, 0.5) is 0 Å². The lowest BCUT2D eigenvalue weighted by atomic mass is 10.2. The summed E-state index contributed by atoms with van der Waals surface area (Å²) in [6.07, 6.45) is 0. The molecular weight excluding hydrogens is 484 g/mol. The average Bonchev–Trinajstić information content (AvgIpc) is 2.83. The lowest BCUT2D eigenvalue weighted by molar-refractivity contribution is 0.0939. The first-order valence-corrected chi connectivity index (χ1v) is 11.6. The van der Waals surface area contributed by atoms with Crippen LogP contribution in [0.25, 0.3) is 22.3 Å². The molecule has 4 rings (SSSR count). The van der Waals surface area contributed by atoms with Crippen LogP contribution >= 0.6 is 15.9 Å². The third kappa shape index (κ3) is 5.80. The van der Waals surface area contributed by atoms with Gasteiger partial charge < -0.3 is 14.2 Å². The molecule has 4 aromatic rings. The van der Waals surface area contributed by atoms with Gasteiger partial charge in [-0.15, -0.1) is 0 Å². The smallest absolute Gasteiger partial charge is 0.261 e. The van der Waals surface area contributed by atoms with Crippen LogP contribution in [0.2, 0.25) is 0 Å². The quantitative estimate of drug-likeness (QED) is 0.271. The molecule has 1 aromatic heterocycles. The lowest BCUT2D eigenvalue weighted by Gasteiger charge is -2.14. The summed E-state index contributed by atoms with van der Waals surface area (Å²) in [6.45, 7) is 4.12. The van der Waals surface area contributed by atoms with E-state index in [1.54, 1.807) is 10.6 Å². The first-order valence-electron chi connectivity index (χ1n) is 10.8. The molecular formula is C26H25BrN2O4. The molecule has 3 aromatic carbocycles. The van der Waals surface area contributed by atoms with E-state index in [0.29, 0.717) is 49.7 Å². The van der Waals surface area contributed by atoms with Gasteiger partial charge in [-0.05, 0) is 43.3 Å². The lowest BCUT2D eigenvalue weighted by Crippen LogP contribution is -2.26. The van der Waals surface area contributed by atoms with Gasteiger partial charge in [-0.25, -0.2) is 4.98 Å². The SMILES string of the molecule is CCOc1cccc(OCCOCCn2c(-c3ccc(Br)cc3)nc3ccccc3c2=O)c1. The summed E-state index contributed by atoms with van der Waals surface area (Å²) in [6, 6.07) is 22.7. The maximum absolute atomic E-state index is 13.2. The van der Waals surface area contributed by atoms with Gasteiger partial charge in [-0.3, -0.25) is 9.36 Å². The zero-order chi connectivity index (χ0) is 23.0. The first kappa shape index (κ1) is 23.0. The Balaban J connectivity index is 1.42. The van der Waals surface area contributed by atoms with Gasteiger partial charge in [0.05, 0.1) is 37.3 Å². The molecule has 0 saturated heterocycles. The number of fused-ring (bicyclic) bond motifs is 1. The Morgan fingerprint density at radius 3 is 2.42 bits per heavy atom. The number of benzene rings is 3. The normalized spacial score (nSPS) is 11.0. The number of rotatable bonds is 10. The molecule has 0 spiro atoms. The fourth-order valence-electron chi connectivity index (χ4n) is 3.49. The van der Waals surface area contributed by atoms with Gasteiger partial charge in [-0.1, -0.05) is 46.3 Å². The zero-order valence-electron chi connectivity index (χ0n) is 18.4. The Morgan fingerprint density at radius 2 is 1.64 bits per heavy atom. The van der Waals surface area contributed by atoms with Crippen LogP contribution in [0.15, 0.2) is 82.1 Å². The molecule has 0 unspecified atom stereocenters. The van der Waals surface area contributed by atoms with E-state index in [4.69, 9.17) is 19.2 Å². The van der Waals surface area contributed by atoms with Crippen molar-refractivity contribution in [2.75, 3.05) is 26.4 Å². The topological polar surface area (TPSA) is 62.6 Å². The van der Waals surface area contributed by atoms with Crippen molar-refractivity contribution < 1.29 is 14.2 Å². The molecule has 0 N–H and O–H groups in total. The van der Waals surface area contributed by atoms with Crippen molar-refractivity contribution in [1.29, 1.82) is 0 Å². The van der Waals surface area contributed by atoms with Crippen molar-refractivity contribution in [3.8, 4) is 22.9 Å². The molecule has 0 saturated carbocycles. The van der Waals surface area contributed by atoms with Crippen LogP contribution < -0.4 is 15.0 Å². The first-order chi connectivity index (χ1) is 16.2. The second-order valence-corrected chi connectivity index (χ2v) is 8.20. The zero-order valence-corrected chi connectivity index (χ0v) is 20.0. The standard InChI is InChI=1S/C26H25BrN2O4/c1-2-32-21-6-5-7-22(18-21)33-17-16-31-15-14-29-25(19-10-12-20(27)13-11-19)28-24-9-4-3-8-23(24)26(29)30/h3-13,18H,2,14-17H2,1H3. The summed E-state index contributed by atoms with van der Waals surface area (Å²) < 4.78 is 19.6. The van der Waals surface area contributed by atoms with Gasteiger partial charge in [0, 0.05) is 16.1 Å². The van der Waals surface area contributed by atoms with Crippen molar-refractivity contribution in [3.63, 3.8) is 0 Å². The highest BCUT2D eigenvalue weighted by Crippen LogP contribution is 2.22. The van der Waals surface area contributed by atoms with Gasteiger partial charge in [0.25, 0.3) is 5.56 Å². The number of ether oxygens (including phenoxy) is 3. The molecule has 33 heavy (non-hydrogen) atoms. The van der Waals surface area contributed by atoms with Gasteiger partial charge in [0.15, 0.2) is 0 Å². The van der Waals surface area contributed by atoms with Crippen LogP contribution in [0.5, 0.6) is 11.5 Å². The van der Waals surface area contributed by atoms with E-state index >= 15 is 0 Å². The van der Waals surface area contributed by atoms with E-state index in [-0.39, 0.29) is 5.56 Å². The minimum atomic E-state index is -0.0777. The minimum absolute atomic E-state index is 0.0777. The third-order valence-electron chi connectivity index (χ3n) is 5.04. The largest absolute Gasteiger partial charge is 0.494 e.